The van der Waals surface area contributed by atoms with E-state index in [0.717, 1.165) is 32.1 Å². The monoisotopic (exact) mass is 462 g/mol. The summed E-state index contributed by atoms with van der Waals surface area (Å²) in [7, 11) is 0. The molecular weight excluding hydrogens is 448 g/mol. The Morgan fingerprint density at radius 2 is 1.79 bits per heavy atom. The summed E-state index contributed by atoms with van der Waals surface area (Å²) in [5.41, 5.74) is 0.231. The Morgan fingerprint density at radius 3 is 2.33 bits per heavy atom. The smallest absolute Gasteiger partial charge is 0.309 e. The number of carbonyl (C=O) groups is 2. The average Bonchev–Trinajstić information content (AvgIpc) is 2.56. The van der Waals surface area contributed by atoms with Gasteiger partial charge in [-0.05, 0) is 44.7 Å². The van der Waals surface area contributed by atoms with E-state index in [1.165, 1.54) is 12.1 Å². The lowest BCUT2D eigenvalue weighted by molar-refractivity contribution is -0.385. The van der Waals surface area contributed by atoms with Gasteiger partial charge in [-0.2, -0.15) is 0 Å². The summed E-state index contributed by atoms with van der Waals surface area (Å²) in [6, 6.07) is 2.57. The largest absolute Gasteiger partial charge is 0.455 e. The number of hydrogen-bond donors (Lipinski definition) is 1. The maximum Gasteiger partial charge on any atom is 0.309 e. The van der Waals surface area contributed by atoms with Gasteiger partial charge in [-0.1, -0.05) is 19.3 Å². The quantitative estimate of drug-likeness (QED) is 0.401. The molecule has 0 atom stereocenters. The fraction of sp³-hybridized carbons (Fsp3) is 0.467. The van der Waals surface area contributed by atoms with E-state index in [1.54, 1.807) is 0 Å². The first-order valence-corrected chi connectivity index (χ1v) is 9.07. The highest BCUT2D eigenvalue weighted by Gasteiger charge is 2.23. The van der Waals surface area contributed by atoms with Crippen molar-refractivity contribution in [2.45, 2.75) is 32.1 Å². The molecule has 9 heteroatoms. The number of halogens is 2. The Balaban J connectivity index is 1.92. The van der Waals surface area contributed by atoms with Gasteiger partial charge in [-0.3, -0.25) is 19.7 Å². The van der Waals surface area contributed by atoms with E-state index in [1.807, 2.05) is 0 Å². The van der Waals surface area contributed by atoms with Gasteiger partial charge in [0.15, 0.2) is 6.61 Å². The highest BCUT2D eigenvalue weighted by Crippen LogP contribution is 2.35. The molecule has 0 heterocycles. The number of rotatable bonds is 5. The number of anilines is 1. The molecule has 1 fully saturated rings. The van der Waals surface area contributed by atoms with Crippen molar-refractivity contribution in [2.75, 3.05) is 11.9 Å². The first-order valence-electron chi connectivity index (χ1n) is 7.48. The van der Waals surface area contributed by atoms with Crippen LogP contribution in [0.15, 0.2) is 21.1 Å². The zero-order valence-corrected chi connectivity index (χ0v) is 15.9. The van der Waals surface area contributed by atoms with Crippen LogP contribution in [-0.4, -0.2) is 23.4 Å². The lowest BCUT2D eigenvalue weighted by Crippen LogP contribution is -2.26. The Hall–Kier alpha value is -1.48. The topological polar surface area (TPSA) is 98.5 Å². The number of ether oxygens (including phenoxy) is 1. The number of hydrogen-bond acceptors (Lipinski definition) is 5. The molecule has 7 nitrogen and oxygen atoms in total. The second kappa shape index (κ2) is 8.57. The maximum atomic E-state index is 12.0. The summed E-state index contributed by atoms with van der Waals surface area (Å²) in [6.07, 6.45) is 4.76. The third-order valence-corrected chi connectivity index (χ3v) is 5.04. The molecular formula is C15H16Br2N2O5. The highest BCUT2D eigenvalue weighted by molar-refractivity contribution is 9.11. The van der Waals surface area contributed by atoms with Gasteiger partial charge in [0.25, 0.3) is 11.6 Å². The number of benzene rings is 1. The van der Waals surface area contributed by atoms with E-state index in [4.69, 9.17) is 4.74 Å². The van der Waals surface area contributed by atoms with Crippen molar-refractivity contribution in [3.63, 3.8) is 0 Å². The third kappa shape index (κ3) is 5.01. The summed E-state index contributed by atoms with van der Waals surface area (Å²) >= 11 is 6.36. The number of nitrogens with zero attached hydrogens (tertiary/aromatic N) is 1. The molecule has 0 aromatic heterocycles. The number of nitro groups is 1. The number of nitro benzene ring substituents is 1. The molecule has 1 saturated carbocycles. The minimum Gasteiger partial charge on any atom is -0.455 e. The zero-order valence-electron chi connectivity index (χ0n) is 12.7. The maximum absolute atomic E-state index is 12.0. The lowest BCUT2D eigenvalue weighted by Gasteiger charge is -2.19. The van der Waals surface area contributed by atoms with Crippen LogP contribution in [-0.2, 0) is 14.3 Å². The van der Waals surface area contributed by atoms with Gasteiger partial charge < -0.3 is 10.1 Å². The van der Waals surface area contributed by atoms with Crippen molar-refractivity contribution < 1.29 is 19.2 Å². The molecule has 1 aliphatic rings. The predicted molar refractivity (Wildman–Crippen MR) is 94.7 cm³/mol. The fourth-order valence-corrected chi connectivity index (χ4v) is 3.91. The van der Waals surface area contributed by atoms with Gasteiger partial charge in [0, 0.05) is 21.1 Å². The van der Waals surface area contributed by atoms with Crippen LogP contribution in [0.2, 0.25) is 0 Å². The standard InChI is InChI=1S/C15H16Br2N2O5/c16-11-6-10(19(22)23)7-12(17)14(11)18-13(20)8-24-15(21)9-4-2-1-3-5-9/h6-7,9H,1-5,8H2,(H,18,20). The van der Waals surface area contributed by atoms with Gasteiger partial charge in [0.05, 0.1) is 16.5 Å². The van der Waals surface area contributed by atoms with Gasteiger partial charge in [-0.15, -0.1) is 0 Å². The summed E-state index contributed by atoms with van der Waals surface area (Å²) in [5.74, 6) is -0.967. The summed E-state index contributed by atoms with van der Waals surface area (Å²) in [4.78, 5) is 34.1. The van der Waals surface area contributed by atoms with Crippen LogP contribution >= 0.6 is 31.9 Å². The molecule has 24 heavy (non-hydrogen) atoms. The van der Waals surface area contributed by atoms with Gasteiger partial charge in [0.1, 0.15) is 0 Å². The molecule has 0 saturated heterocycles. The van der Waals surface area contributed by atoms with Crippen molar-refractivity contribution in [1.82, 2.24) is 0 Å². The fourth-order valence-electron chi connectivity index (χ4n) is 2.55. The van der Waals surface area contributed by atoms with Crippen LogP contribution in [0.4, 0.5) is 11.4 Å². The Bertz CT molecular complexity index is 636. The van der Waals surface area contributed by atoms with Crippen LogP contribution in [0.3, 0.4) is 0 Å². The second-order valence-electron chi connectivity index (χ2n) is 5.53. The molecule has 1 aliphatic carbocycles. The minimum absolute atomic E-state index is 0.115. The molecule has 0 unspecified atom stereocenters. The SMILES string of the molecule is O=C(COC(=O)C1CCCCC1)Nc1c(Br)cc([N+](=O)[O-])cc1Br. The Kier molecular flexibility index (Phi) is 6.73. The molecule has 1 aromatic rings. The normalized spacial score (nSPS) is 14.9. The van der Waals surface area contributed by atoms with Crippen molar-refractivity contribution in [3.8, 4) is 0 Å². The van der Waals surface area contributed by atoms with Crippen LogP contribution in [0.25, 0.3) is 0 Å². The number of nitrogens with one attached hydrogen (secondary N) is 1. The molecule has 1 aromatic carbocycles. The van der Waals surface area contributed by atoms with Gasteiger partial charge in [-0.25, -0.2) is 0 Å². The molecule has 1 N–H and O–H groups in total. The highest BCUT2D eigenvalue weighted by atomic mass is 79.9. The first-order chi connectivity index (χ1) is 11.4. The van der Waals surface area contributed by atoms with E-state index < -0.39 is 10.8 Å². The summed E-state index contributed by atoms with van der Waals surface area (Å²) in [5, 5.41) is 13.4. The van der Waals surface area contributed by atoms with Crippen LogP contribution in [0.5, 0.6) is 0 Å². The van der Waals surface area contributed by atoms with Gasteiger partial charge >= 0.3 is 5.97 Å². The first kappa shape index (κ1) is 18.9. The molecule has 1 amide bonds. The zero-order chi connectivity index (χ0) is 17.7. The molecule has 0 aliphatic heterocycles. The molecule has 0 spiro atoms. The number of non-ortho nitro benzene ring substituents is 1. The molecule has 0 radical (unpaired) electrons. The molecule has 130 valence electrons. The number of esters is 1. The van der Waals surface area contributed by atoms with E-state index in [9.17, 15) is 19.7 Å². The van der Waals surface area contributed by atoms with E-state index in [0.29, 0.717) is 14.6 Å². The lowest BCUT2D eigenvalue weighted by atomic mass is 9.89. The minimum atomic E-state index is -0.535. The van der Waals surface area contributed by atoms with Crippen molar-refractivity contribution in [2.24, 2.45) is 5.92 Å². The molecule has 2 rings (SSSR count). The van der Waals surface area contributed by atoms with Crippen molar-refractivity contribution in [3.05, 3.63) is 31.2 Å². The third-order valence-electron chi connectivity index (χ3n) is 3.79. The summed E-state index contributed by atoms with van der Waals surface area (Å²) < 4.78 is 5.78. The average molecular weight is 464 g/mol. The predicted octanol–water partition coefficient (Wildman–Crippen LogP) is 4.18. The van der Waals surface area contributed by atoms with Gasteiger partial charge in [0.2, 0.25) is 0 Å². The van der Waals surface area contributed by atoms with Crippen LogP contribution in [0, 0.1) is 16.0 Å². The Labute approximate surface area is 155 Å². The molecule has 0 bridgehead atoms. The van der Waals surface area contributed by atoms with E-state index >= 15 is 0 Å². The van der Waals surface area contributed by atoms with Crippen LogP contribution < -0.4 is 5.32 Å². The van der Waals surface area contributed by atoms with Crippen molar-refractivity contribution in [1.29, 1.82) is 0 Å². The van der Waals surface area contributed by atoms with E-state index in [2.05, 4.69) is 37.2 Å². The van der Waals surface area contributed by atoms with Crippen molar-refractivity contribution >= 4 is 55.1 Å². The summed E-state index contributed by atoms with van der Waals surface area (Å²) in [6.45, 7) is -0.384. The van der Waals surface area contributed by atoms with Crippen LogP contribution in [0.1, 0.15) is 32.1 Å². The Morgan fingerprint density at radius 1 is 1.21 bits per heavy atom. The number of amides is 1. The number of carbonyl (C=O) groups excluding carboxylic acids is 2. The second-order valence-corrected chi connectivity index (χ2v) is 7.24. The van der Waals surface area contributed by atoms with E-state index in [-0.39, 0.29) is 24.2 Å².